The van der Waals surface area contributed by atoms with Crippen LogP contribution in [0.5, 0.6) is 0 Å². The summed E-state index contributed by atoms with van der Waals surface area (Å²) in [5.74, 6) is -0.0806. The van der Waals surface area contributed by atoms with Crippen LogP contribution in [-0.2, 0) is 4.79 Å². The van der Waals surface area contributed by atoms with Crippen molar-refractivity contribution in [2.45, 2.75) is 13.3 Å². The molecular weight excluding hydrogens is 158 g/mol. The van der Waals surface area contributed by atoms with Crippen molar-refractivity contribution in [3.8, 4) is 0 Å². The van der Waals surface area contributed by atoms with Crippen LogP contribution >= 0.6 is 0 Å². The third-order valence-corrected chi connectivity index (χ3v) is 1.65. The molecule has 0 spiro atoms. The molecule has 2 heterocycles. The second kappa shape index (κ2) is 2.17. The van der Waals surface area contributed by atoms with E-state index in [1.165, 1.54) is 4.68 Å². The van der Waals surface area contributed by atoms with Gasteiger partial charge in [-0.15, -0.1) is 0 Å². The number of carbonyl (C=O) groups excluding carboxylic acids is 2. The van der Waals surface area contributed by atoms with Gasteiger partial charge in [0.1, 0.15) is 12.2 Å². The summed E-state index contributed by atoms with van der Waals surface area (Å²) in [7, 11) is 0. The van der Waals surface area contributed by atoms with Gasteiger partial charge in [-0.1, -0.05) is 0 Å². The fourth-order valence-electron chi connectivity index (χ4n) is 1.18. The lowest BCUT2D eigenvalue weighted by Crippen LogP contribution is -2.29. The van der Waals surface area contributed by atoms with E-state index in [0.717, 1.165) is 5.69 Å². The third-order valence-electron chi connectivity index (χ3n) is 1.65. The smallest absolute Gasteiger partial charge is 0.258 e. The Morgan fingerprint density at radius 3 is 3.08 bits per heavy atom. The predicted molar refractivity (Wildman–Crippen MR) is 40.8 cm³/mol. The Kier molecular flexibility index (Phi) is 1.27. The minimum Gasteiger partial charge on any atom is -0.310 e. The maximum atomic E-state index is 11.1. The van der Waals surface area contributed by atoms with Gasteiger partial charge in [-0.25, -0.2) is 0 Å². The molecule has 5 nitrogen and oxygen atoms in total. The van der Waals surface area contributed by atoms with Crippen molar-refractivity contribution in [2.24, 2.45) is 0 Å². The van der Waals surface area contributed by atoms with Crippen molar-refractivity contribution in [3.63, 3.8) is 0 Å². The van der Waals surface area contributed by atoms with Gasteiger partial charge < -0.3 is 5.32 Å². The molecular formula is C7H7N3O2. The molecule has 1 aromatic heterocycles. The van der Waals surface area contributed by atoms with E-state index >= 15 is 0 Å². The van der Waals surface area contributed by atoms with E-state index in [1.54, 1.807) is 13.0 Å². The molecule has 1 amide bonds. The first-order chi connectivity index (χ1) is 5.66. The highest BCUT2D eigenvalue weighted by Crippen LogP contribution is 2.14. The molecule has 0 radical (unpaired) electrons. The van der Waals surface area contributed by atoms with Gasteiger partial charge in [0, 0.05) is 6.07 Å². The number of carbonyl (C=O) groups is 2. The number of amides is 1. The number of nitrogens with one attached hydrogen (secondary N) is 1. The van der Waals surface area contributed by atoms with E-state index in [4.69, 9.17) is 0 Å². The lowest BCUT2D eigenvalue weighted by Gasteiger charge is -2.11. The molecule has 0 aromatic carbocycles. The monoisotopic (exact) mass is 165 g/mol. The number of hydrogen-bond acceptors (Lipinski definition) is 3. The van der Waals surface area contributed by atoms with Crippen molar-refractivity contribution in [1.82, 2.24) is 9.78 Å². The molecule has 1 aromatic rings. The Bertz CT molecular complexity index is 367. The van der Waals surface area contributed by atoms with Crippen molar-refractivity contribution < 1.29 is 9.59 Å². The number of aryl methyl sites for hydroxylation is 1. The fourth-order valence-corrected chi connectivity index (χ4v) is 1.18. The number of aromatic nitrogens is 2. The molecule has 0 saturated heterocycles. The first-order valence-corrected chi connectivity index (χ1v) is 3.56. The van der Waals surface area contributed by atoms with Gasteiger partial charge in [0.25, 0.3) is 5.91 Å². The van der Waals surface area contributed by atoms with E-state index in [9.17, 15) is 9.59 Å². The highest BCUT2D eigenvalue weighted by molar-refractivity contribution is 6.08. The lowest BCUT2D eigenvalue weighted by molar-refractivity contribution is -0.115. The average Bonchev–Trinajstić information content (AvgIpc) is 2.29. The Labute approximate surface area is 68.4 Å². The van der Waals surface area contributed by atoms with E-state index in [0.29, 0.717) is 5.82 Å². The summed E-state index contributed by atoms with van der Waals surface area (Å²) in [4.78, 5) is 22.0. The summed E-state index contributed by atoms with van der Waals surface area (Å²) >= 11 is 0. The second-order valence-electron chi connectivity index (χ2n) is 2.70. The quantitative estimate of drug-likeness (QED) is 0.557. The molecule has 1 aliphatic heterocycles. The minimum absolute atomic E-state index is 0.117. The lowest BCUT2D eigenvalue weighted by atomic mass is 10.3. The van der Waals surface area contributed by atoms with Crippen molar-refractivity contribution in [1.29, 1.82) is 0 Å². The van der Waals surface area contributed by atoms with Gasteiger partial charge in [-0.2, -0.15) is 9.78 Å². The first kappa shape index (κ1) is 7.02. The zero-order valence-electron chi connectivity index (χ0n) is 6.50. The molecule has 0 unspecified atom stereocenters. The van der Waals surface area contributed by atoms with Gasteiger partial charge >= 0.3 is 0 Å². The Morgan fingerprint density at radius 1 is 1.58 bits per heavy atom. The van der Waals surface area contributed by atoms with Gasteiger partial charge in [-0.3, -0.25) is 9.59 Å². The molecule has 5 heteroatoms. The Balaban J connectivity index is 2.53. The summed E-state index contributed by atoms with van der Waals surface area (Å²) in [6.07, 6.45) is -0.117. The van der Waals surface area contributed by atoms with E-state index in [2.05, 4.69) is 10.4 Å². The third kappa shape index (κ3) is 0.903. The van der Waals surface area contributed by atoms with Crippen molar-refractivity contribution in [2.75, 3.05) is 5.32 Å². The van der Waals surface area contributed by atoms with Crippen molar-refractivity contribution >= 4 is 17.6 Å². The van der Waals surface area contributed by atoms with Gasteiger partial charge in [0.2, 0.25) is 5.91 Å². The summed E-state index contributed by atoms with van der Waals surface area (Å²) in [5, 5.41) is 6.47. The number of fused-ring (bicyclic) bond motifs is 1. The van der Waals surface area contributed by atoms with E-state index in [-0.39, 0.29) is 18.2 Å². The zero-order chi connectivity index (χ0) is 8.72. The van der Waals surface area contributed by atoms with E-state index in [1.807, 2.05) is 0 Å². The summed E-state index contributed by atoms with van der Waals surface area (Å²) in [5.41, 5.74) is 0.723. The summed E-state index contributed by atoms with van der Waals surface area (Å²) < 4.78 is 1.22. The molecule has 62 valence electrons. The minimum atomic E-state index is -0.276. The van der Waals surface area contributed by atoms with Crippen LogP contribution in [-0.4, -0.2) is 21.6 Å². The van der Waals surface area contributed by atoms with Crippen LogP contribution in [0, 0.1) is 6.92 Å². The SMILES string of the molecule is Cc1cc2n(n1)C(=O)CC(=O)N2. The fraction of sp³-hybridized carbons (Fsp3) is 0.286. The highest BCUT2D eigenvalue weighted by Gasteiger charge is 2.22. The average molecular weight is 165 g/mol. The molecule has 0 bridgehead atoms. The maximum absolute atomic E-state index is 11.1. The normalized spacial score (nSPS) is 15.8. The van der Waals surface area contributed by atoms with Crippen LogP contribution < -0.4 is 5.32 Å². The zero-order valence-corrected chi connectivity index (χ0v) is 6.50. The number of hydrogen-bond donors (Lipinski definition) is 1. The second-order valence-corrected chi connectivity index (χ2v) is 2.70. The molecule has 0 saturated carbocycles. The maximum Gasteiger partial charge on any atom is 0.258 e. The molecule has 12 heavy (non-hydrogen) atoms. The predicted octanol–water partition coefficient (Wildman–Crippen LogP) is 0.174. The standard InChI is InChI=1S/C7H7N3O2/c1-4-2-5-8-6(11)3-7(12)10(5)9-4/h2H,3H2,1H3,(H,8,11). The molecule has 0 aliphatic carbocycles. The highest BCUT2D eigenvalue weighted by atomic mass is 16.2. The van der Waals surface area contributed by atoms with Gasteiger partial charge in [0.05, 0.1) is 5.69 Å². The molecule has 1 N–H and O–H groups in total. The number of nitrogens with zero attached hydrogens (tertiary/aromatic N) is 2. The Morgan fingerprint density at radius 2 is 2.33 bits per heavy atom. The van der Waals surface area contributed by atoms with Gasteiger partial charge in [0.15, 0.2) is 0 Å². The van der Waals surface area contributed by atoms with Crippen LogP contribution in [0.4, 0.5) is 5.82 Å². The van der Waals surface area contributed by atoms with Crippen LogP contribution in [0.2, 0.25) is 0 Å². The topological polar surface area (TPSA) is 64.0 Å². The summed E-state index contributed by atoms with van der Waals surface area (Å²) in [6.45, 7) is 1.77. The van der Waals surface area contributed by atoms with Crippen LogP contribution in [0.1, 0.15) is 16.9 Å². The molecule has 2 rings (SSSR count). The first-order valence-electron chi connectivity index (χ1n) is 3.56. The van der Waals surface area contributed by atoms with Crippen LogP contribution in [0.3, 0.4) is 0 Å². The number of anilines is 1. The molecule has 0 atom stereocenters. The van der Waals surface area contributed by atoms with Crippen LogP contribution in [0.15, 0.2) is 6.07 Å². The van der Waals surface area contributed by atoms with Gasteiger partial charge in [-0.05, 0) is 6.92 Å². The largest absolute Gasteiger partial charge is 0.310 e. The number of rotatable bonds is 0. The Hall–Kier alpha value is -1.65. The van der Waals surface area contributed by atoms with E-state index < -0.39 is 0 Å². The summed E-state index contributed by atoms with van der Waals surface area (Å²) in [6, 6.07) is 1.66. The molecule has 1 aliphatic rings. The molecule has 0 fully saturated rings. The van der Waals surface area contributed by atoms with Crippen LogP contribution in [0.25, 0.3) is 0 Å². The van der Waals surface area contributed by atoms with Crippen molar-refractivity contribution in [3.05, 3.63) is 11.8 Å².